The highest BCUT2D eigenvalue weighted by atomic mass is 35.5. The summed E-state index contributed by atoms with van der Waals surface area (Å²) in [6.07, 6.45) is 5.57. The van der Waals surface area contributed by atoms with Gasteiger partial charge in [0, 0.05) is 47.1 Å². The first kappa shape index (κ1) is 28.2. The summed E-state index contributed by atoms with van der Waals surface area (Å²) < 4.78 is 58.3. The van der Waals surface area contributed by atoms with Gasteiger partial charge in [-0.2, -0.15) is 13.2 Å². The SMILES string of the molecule is O=C(O)c1cnc(OCC23CCC(OCc4c(-c5c(Cl)cncc5Cl)noc4C4CC4)(CC2)CC3)cc1C(F)(F)F. The van der Waals surface area contributed by atoms with Crippen molar-refractivity contribution in [2.75, 3.05) is 6.61 Å². The van der Waals surface area contributed by atoms with Gasteiger partial charge in [-0.05, 0) is 51.4 Å². The van der Waals surface area contributed by atoms with Gasteiger partial charge in [0.25, 0.3) is 0 Å². The molecule has 2 bridgehead atoms. The lowest BCUT2D eigenvalue weighted by Gasteiger charge is -2.52. The van der Waals surface area contributed by atoms with Crippen molar-refractivity contribution in [3.8, 4) is 17.1 Å². The summed E-state index contributed by atoms with van der Waals surface area (Å²) in [5.74, 6) is -0.837. The van der Waals surface area contributed by atoms with Crippen LogP contribution in [0, 0.1) is 5.41 Å². The number of rotatable bonds is 9. The van der Waals surface area contributed by atoms with Gasteiger partial charge in [-0.1, -0.05) is 28.4 Å². The number of alkyl halides is 3. The summed E-state index contributed by atoms with van der Waals surface area (Å²) >= 11 is 12.8. The van der Waals surface area contributed by atoms with E-state index in [2.05, 4.69) is 15.1 Å². The van der Waals surface area contributed by atoms with Crippen molar-refractivity contribution in [3.05, 3.63) is 57.2 Å². The molecule has 0 saturated heterocycles. The van der Waals surface area contributed by atoms with Crippen LogP contribution in [0.3, 0.4) is 0 Å². The minimum absolute atomic E-state index is 0.195. The van der Waals surface area contributed by atoms with E-state index in [0.717, 1.165) is 62.7 Å². The molecule has 0 atom stereocenters. The number of carboxylic acid groups (broad SMARTS) is 1. The molecular weight excluding hydrogens is 586 g/mol. The second-order valence-corrected chi connectivity index (χ2v) is 12.1. The van der Waals surface area contributed by atoms with Gasteiger partial charge in [-0.15, -0.1) is 0 Å². The Morgan fingerprint density at radius 1 is 1.07 bits per heavy atom. The Kier molecular flexibility index (Phi) is 7.18. The molecule has 3 heterocycles. The molecular formula is C28H26Cl2F3N3O5. The van der Waals surface area contributed by atoms with E-state index in [1.807, 2.05) is 0 Å². The first-order valence-corrected chi connectivity index (χ1v) is 14.1. The molecule has 4 aliphatic carbocycles. The van der Waals surface area contributed by atoms with Crippen molar-refractivity contribution < 1.29 is 37.1 Å². The van der Waals surface area contributed by atoms with E-state index in [1.165, 1.54) is 12.4 Å². The summed E-state index contributed by atoms with van der Waals surface area (Å²) in [6.45, 7) is 0.490. The standard InChI is InChI=1S/C28H26Cl2F3N3O5/c29-19-11-34-12-20(30)22(19)23-17(24(41-36-23)15-1-2-15)13-40-27-6-3-26(4-7-27,5-8-27)14-39-21-9-18(28(31,32)33)16(10-35-21)25(37)38/h9-12,15H,1-8,13-14H2,(H,37,38). The lowest BCUT2D eigenvalue weighted by molar-refractivity contribution is -0.150. The fourth-order valence-corrected chi connectivity index (χ4v) is 6.54. The van der Waals surface area contributed by atoms with Crippen LogP contribution >= 0.6 is 23.2 Å². The van der Waals surface area contributed by atoms with E-state index in [9.17, 15) is 18.0 Å². The average molecular weight is 612 g/mol. The van der Waals surface area contributed by atoms with E-state index < -0.39 is 23.3 Å². The molecule has 41 heavy (non-hydrogen) atoms. The van der Waals surface area contributed by atoms with E-state index in [4.69, 9.17) is 42.3 Å². The topological polar surface area (TPSA) is 108 Å². The summed E-state index contributed by atoms with van der Waals surface area (Å²) in [6, 6.07) is 0.661. The number of nitrogens with zero attached hydrogens (tertiary/aromatic N) is 3. The van der Waals surface area contributed by atoms with E-state index in [0.29, 0.717) is 46.1 Å². The fourth-order valence-electron chi connectivity index (χ4n) is 6.00. The predicted octanol–water partition coefficient (Wildman–Crippen LogP) is 7.72. The Balaban J connectivity index is 1.13. The highest BCUT2D eigenvalue weighted by molar-refractivity contribution is 6.38. The maximum atomic E-state index is 13.4. The molecule has 4 aliphatic rings. The number of hydrogen-bond donors (Lipinski definition) is 1. The first-order chi connectivity index (χ1) is 19.5. The number of pyridine rings is 2. The molecule has 13 heteroatoms. The number of halogens is 5. The smallest absolute Gasteiger partial charge is 0.417 e. The third-order valence-corrected chi connectivity index (χ3v) is 9.23. The molecule has 7 rings (SSSR count). The quantitative estimate of drug-likeness (QED) is 0.262. The van der Waals surface area contributed by atoms with Crippen LogP contribution in [0.2, 0.25) is 10.0 Å². The molecule has 218 valence electrons. The van der Waals surface area contributed by atoms with Gasteiger partial charge in [0.05, 0.1) is 40.0 Å². The Hall–Kier alpha value is -2.89. The maximum absolute atomic E-state index is 13.4. The number of aromatic carboxylic acids is 1. The average Bonchev–Trinajstić information content (AvgIpc) is 3.71. The van der Waals surface area contributed by atoms with Gasteiger partial charge in [0.1, 0.15) is 11.5 Å². The molecule has 0 radical (unpaired) electrons. The number of fused-ring (bicyclic) bond motifs is 3. The van der Waals surface area contributed by atoms with Gasteiger partial charge in [0.15, 0.2) is 0 Å². The van der Waals surface area contributed by atoms with Crippen LogP contribution in [0.5, 0.6) is 5.88 Å². The lowest BCUT2D eigenvalue weighted by atomic mass is 9.59. The molecule has 3 aromatic heterocycles. The zero-order valence-corrected chi connectivity index (χ0v) is 23.3. The highest BCUT2D eigenvalue weighted by Gasteiger charge is 2.50. The van der Waals surface area contributed by atoms with Crippen molar-refractivity contribution in [2.24, 2.45) is 5.41 Å². The molecule has 4 fully saturated rings. The summed E-state index contributed by atoms with van der Waals surface area (Å²) in [5.41, 5.74) is -0.759. The van der Waals surface area contributed by atoms with Crippen molar-refractivity contribution in [3.63, 3.8) is 0 Å². The summed E-state index contributed by atoms with van der Waals surface area (Å²) in [5, 5.41) is 14.2. The summed E-state index contributed by atoms with van der Waals surface area (Å²) in [4.78, 5) is 19.1. The number of aromatic nitrogens is 3. The zero-order chi connectivity index (χ0) is 29.0. The van der Waals surface area contributed by atoms with Gasteiger partial charge >= 0.3 is 12.1 Å². The normalized spacial score (nSPS) is 24.0. The van der Waals surface area contributed by atoms with E-state index in [-0.39, 0.29) is 23.5 Å². The predicted molar refractivity (Wildman–Crippen MR) is 141 cm³/mol. The third-order valence-electron chi connectivity index (χ3n) is 8.65. The van der Waals surface area contributed by atoms with E-state index >= 15 is 0 Å². The molecule has 0 amide bonds. The van der Waals surface area contributed by atoms with E-state index in [1.54, 1.807) is 0 Å². The molecule has 8 nitrogen and oxygen atoms in total. The van der Waals surface area contributed by atoms with Crippen LogP contribution < -0.4 is 4.74 Å². The van der Waals surface area contributed by atoms with Gasteiger partial charge in [-0.25, -0.2) is 9.78 Å². The van der Waals surface area contributed by atoms with Crippen LogP contribution in [0.15, 0.2) is 29.2 Å². The molecule has 0 aromatic carbocycles. The fraction of sp³-hybridized carbons (Fsp3) is 0.500. The molecule has 0 aliphatic heterocycles. The van der Waals surface area contributed by atoms with Crippen molar-refractivity contribution in [2.45, 2.75) is 75.7 Å². The second-order valence-electron chi connectivity index (χ2n) is 11.3. The molecule has 0 unspecified atom stereocenters. The maximum Gasteiger partial charge on any atom is 0.417 e. The second kappa shape index (κ2) is 10.4. The van der Waals surface area contributed by atoms with Crippen LogP contribution in [-0.4, -0.2) is 38.4 Å². The lowest BCUT2D eigenvalue weighted by Crippen LogP contribution is -2.49. The van der Waals surface area contributed by atoms with Crippen LogP contribution in [0.25, 0.3) is 11.3 Å². The largest absolute Gasteiger partial charge is 0.478 e. The van der Waals surface area contributed by atoms with Gasteiger partial charge in [-0.3, -0.25) is 4.98 Å². The Morgan fingerprint density at radius 2 is 1.73 bits per heavy atom. The number of carbonyl (C=O) groups is 1. The molecule has 0 spiro atoms. The first-order valence-electron chi connectivity index (χ1n) is 13.3. The van der Waals surface area contributed by atoms with Crippen molar-refractivity contribution >= 4 is 29.2 Å². The van der Waals surface area contributed by atoms with Gasteiger partial charge in [0.2, 0.25) is 5.88 Å². The number of carboxylic acids is 1. The molecule has 4 saturated carbocycles. The van der Waals surface area contributed by atoms with Crippen LogP contribution in [0.1, 0.15) is 84.5 Å². The highest BCUT2D eigenvalue weighted by Crippen LogP contribution is 2.55. The van der Waals surface area contributed by atoms with Crippen LogP contribution in [-0.2, 0) is 17.5 Å². The van der Waals surface area contributed by atoms with Crippen molar-refractivity contribution in [1.82, 2.24) is 15.1 Å². The van der Waals surface area contributed by atoms with Crippen molar-refractivity contribution in [1.29, 1.82) is 0 Å². The Labute approximate surface area is 243 Å². The summed E-state index contributed by atoms with van der Waals surface area (Å²) in [7, 11) is 0. The number of hydrogen-bond acceptors (Lipinski definition) is 7. The van der Waals surface area contributed by atoms with Crippen LogP contribution in [0.4, 0.5) is 13.2 Å². The minimum atomic E-state index is -4.84. The Bertz CT molecular complexity index is 1450. The van der Waals surface area contributed by atoms with Gasteiger partial charge < -0.3 is 19.1 Å². The zero-order valence-electron chi connectivity index (χ0n) is 21.8. The molecule has 3 aromatic rings. The monoisotopic (exact) mass is 611 g/mol. The number of ether oxygens (including phenoxy) is 2. The third kappa shape index (κ3) is 5.51. The molecule has 1 N–H and O–H groups in total. The minimum Gasteiger partial charge on any atom is -0.478 e. The Morgan fingerprint density at radius 3 is 2.32 bits per heavy atom.